The zero-order chi connectivity index (χ0) is 13.1. The number of likely N-dealkylation sites (N-methyl/N-ethyl adjacent to an activating group) is 1. The van der Waals surface area contributed by atoms with Crippen molar-refractivity contribution < 1.29 is 4.92 Å². The van der Waals surface area contributed by atoms with Crippen LogP contribution in [0.2, 0.25) is 0 Å². The molecule has 1 aromatic rings. The number of nitro benzene ring substituents is 1. The van der Waals surface area contributed by atoms with E-state index in [0.717, 1.165) is 31.6 Å². The molecule has 1 aliphatic heterocycles. The van der Waals surface area contributed by atoms with E-state index in [9.17, 15) is 10.1 Å². The van der Waals surface area contributed by atoms with E-state index >= 15 is 0 Å². The predicted molar refractivity (Wildman–Crippen MR) is 72.1 cm³/mol. The molecule has 0 spiro atoms. The lowest BCUT2D eigenvalue weighted by molar-refractivity contribution is -0.385. The van der Waals surface area contributed by atoms with Gasteiger partial charge < -0.3 is 10.2 Å². The standard InChI is InChI=1S/C13H19N3O2/c1-10-5-6-11(8-13(10)16(17)18)15(2)12-4-3-7-14-9-12/h5-6,8,12,14H,3-4,7,9H2,1-2H3. The fourth-order valence-corrected chi connectivity index (χ4v) is 2.39. The van der Waals surface area contributed by atoms with Gasteiger partial charge in [0.25, 0.3) is 5.69 Å². The first-order valence-electron chi connectivity index (χ1n) is 6.28. The molecule has 0 saturated carbocycles. The summed E-state index contributed by atoms with van der Waals surface area (Å²) in [6.45, 7) is 3.78. The van der Waals surface area contributed by atoms with Crippen LogP contribution in [0.25, 0.3) is 0 Å². The van der Waals surface area contributed by atoms with Crippen molar-refractivity contribution in [1.82, 2.24) is 5.32 Å². The van der Waals surface area contributed by atoms with Gasteiger partial charge in [-0.3, -0.25) is 10.1 Å². The van der Waals surface area contributed by atoms with Crippen LogP contribution in [0.1, 0.15) is 18.4 Å². The number of nitrogens with one attached hydrogen (secondary N) is 1. The van der Waals surface area contributed by atoms with Crippen LogP contribution in [-0.2, 0) is 0 Å². The molecule has 1 fully saturated rings. The lowest BCUT2D eigenvalue weighted by atomic mass is 10.1. The first kappa shape index (κ1) is 12.8. The summed E-state index contributed by atoms with van der Waals surface area (Å²) in [5.41, 5.74) is 1.82. The summed E-state index contributed by atoms with van der Waals surface area (Å²) in [5.74, 6) is 0. The van der Waals surface area contributed by atoms with Gasteiger partial charge in [-0.1, -0.05) is 6.07 Å². The number of anilines is 1. The van der Waals surface area contributed by atoms with Crippen molar-refractivity contribution in [2.75, 3.05) is 25.0 Å². The quantitative estimate of drug-likeness (QED) is 0.658. The highest BCUT2D eigenvalue weighted by molar-refractivity contribution is 5.56. The lowest BCUT2D eigenvalue weighted by Gasteiger charge is -2.33. The molecule has 0 bridgehead atoms. The van der Waals surface area contributed by atoms with Crippen LogP contribution in [0.4, 0.5) is 11.4 Å². The number of piperidine rings is 1. The van der Waals surface area contributed by atoms with Crippen molar-refractivity contribution in [3.05, 3.63) is 33.9 Å². The summed E-state index contributed by atoms with van der Waals surface area (Å²) in [6.07, 6.45) is 2.29. The Morgan fingerprint density at radius 1 is 1.50 bits per heavy atom. The van der Waals surface area contributed by atoms with E-state index in [1.165, 1.54) is 0 Å². The Hall–Kier alpha value is -1.62. The number of benzene rings is 1. The van der Waals surface area contributed by atoms with Gasteiger partial charge in [0.2, 0.25) is 0 Å². The zero-order valence-electron chi connectivity index (χ0n) is 10.8. The van der Waals surface area contributed by atoms with Gasteiger partial charge in [-0.25, -0.2) is 0 Å². The number of rotatable bonds is 3. The van der Waals surface area contributed by atoms with Crippen LogP contribution in [0.3, 0.4) is 0 Å². The minimum Gasteiger partial charge on any atom is -0.370 e. The number of hydrogen-bond donors (Lipinski definition) is 1. The molecule has 2 rings (SSSR count). The second-order valence-corrected chi connectivity index (χ2v) is 4.84. The SMILES string of the molecule is Cc1ccc(N(C)C2CCCNC2)cc1[N+](=O)[O-]. The topological polar surface area (TPSA) is 58.4 Å². The Balaban J connectivity index is 2.21. The smallest absolute Gasteiger partial charge is 0.274 e. The second-order valence-electron chi connectivity index (χ2n) is 4.84. The van der Waals surface area contributed by atoms with E-state index in [1.807, 2.05) is 19.2 Å². The highest BCUT2D eigenvalue weighted by Crippen LogP contribution is 2.26. The van der Waals surface area contributed by atoms with E-state index in [0.29, 0.717) is 11.6 Å². The largest absolute Gasteiger partial charge is 0.370 e. The summed E-state index contributed by atoms with van der Waals surface area (Å²) in [5, 5.41) is 14.3. The lowest BCUT2D eigenvalue weighted by Crippen LogP contribution is -2.44. The number of nitrogens with zero attached hydrogens (tertiary/aromatic N) is 2. The van der Waals surface area contributed by atoms with Gasteiger partial charge >= 0.3 is 0 Å². The van der Waals surface area contributed by atoms with Crippen molar-refractivity contribution in [2.24, 2.45) is 0 Å². The van der Waals surface area contributed by atoms with Crippen LogP contribution in [0, 0.1) is 17.0 Å². The van der Waals surface area contributed by atoms with Gasteiger partial charge in [-0.05, 0) is 32.4 Å². The highest BCUT2D eigenvalue weighted by Gasteiger charge is 2.20. The third-order valence-corrected chi connectivity index (χ3v) is 3.62. The van der Waals surface area contributed by atoms with E-state index in [1.54, 1.807) is 13.0 Å². The molecule has 0 amide bonds. The Bertz CT molecular complexity index is 442. The van der Waals surface area contributed by atoms with Crippen LogP contribution >= 0.6 is 0 Å². The van der Waals surface area contributed by atoms with Crippen LogP contribution in [0.5, 0.6) is 0 Å². The molecule has 98 valence electrons. The minimum absolute atomic E-state index is 0.197. The van der Waals surface area contributed by atoms with Gasteiger partial charge in [0.1, 0.15) is 0 Å². The average Bonchev–Trinajstić information content (AvgIpc) is 2.39. The van der Waals surface area contributed by atoms with Crippen LogP contribution in [0.15, 0.2) is 18.2 Å². The highest BCUT2D eigenvalue weighted by atomic mass is 16.6. The molecule has 5 nitrogen and oxygen atoms in total. The fourth-order valence-electron chi connectivity index (χ4n) is 2.39. The first-order chi connectivity index (χ1) is 8.59. The van der Waals surface area contributed by atoms with Gasteiger partial charge in [0.15, 0.2) is 0 Å². The molecule has 0 radical (unpaired) electrons. The Kier molecular flexibility index (Phi) is 3.81. The van der Waals surface area contributed by atoms with Gasteiger partial charge in [-0.15, -0.1) is 0 Å². The fraction of sp³-hybridized carbons (Fsp3) is 0.538. The molecule has 5 heteroatoms. The maximum absolute atomic E-state index is 10.9. The summed E-state index contributed by atoms with van der Waals surface area (Å²) in [7, 11) is 2.01. The molecular weight excluding hydrogens is 230 g/mol. The van der Waals surface area contributed by atoms with E-state index in [4.69, 9.17) is 0 Å². The summed E-state index contributed by atoms with van der Waals surface area (Å²) in [4.78, 5) is 12.8. The van der Waals surface area contributed by atoms with Crippen LogP contribution in [-0.4, -0.2) is 31.1 Å². The number of hydrogen-bond acceptors (Lipinski definition) is 4. The van der Waals surface area contributed by atoms with Crippen molar-refractivity contribution in [3.63, 3.8) is 0 Å². The molecule has 0 aromatic heterocycles. The van der Waals surface area contributed by atoms with Crippen molar-refractivity contribution >= 4 is 11.4 Å². The Morgan fingerprint density at radius 3 is 2.89 bits per heavy atom. The van der Waals surface area contributed by atoms with Crippen molar-refractivity contribution in [1.29, 1.82) is 0 Å². The minimum atomic E-state index is -0.314. The van der Waals surface area contributed by atoms with Gasteiger partial charge in [0.05, 0.1) is 4.92 Å². The van der Waals surface area contributed by atoms with Gasteiger partial charge in [-0.2, -0.15) is 0 Å². The first-order valence-corrected chi connectivity index (χ1v) is 6.28. The average molecular weight is 249 g/mol. The number of aryl methyl sites for hydroxylation is 1. The van der Waals surface area contributed by atoms with E-state index in [-0.39, 0.29) is 10.6 Å². The van der Waals surface area contributed by atoms with Gasteiger partial charge in [0, 0.05) is 37.0 Å². The third-order valence-electron chi connectivity index (χ3n) is 3.62. The molecule has 18 heavy (non-hydrogen) atoms. The molecule has 0 aliphatic carbocycles. The summed E-state index contributed by atoms with van der Waals surface area (Å²) >= 11 is 0. The maximum Gasteiger partial charge on any atom is 0.274 e. The summed E-state index contributed by atoms with van der Waals surface area (Å²) in [6, 6.07) is 5.86. The summed E-state index contributed by atoms with van der Waals surface area (Å²) < 4.78 is 0. The number of nitro groups is 1. The molecular formula is C13H19N3O2. The van der Waals surface area contributed by atoms with E-state index < -0.39 is 0 Å². The molecule has 1 N–H and O–H groups in total. The predicted octanol–water partition coefficient (Wildman–Crippen LogP) is 2.09. The molecule has 1 aliphatic rings. The Labute approximate surface area is 107 Å². The maximum atomic E-state index is 10.9. The Morgan fingerprint density at radius 2 is 2.28 bits per heavy atom. The molecule has 1 unspecified atom stereocenters. The molecule has 1 aromatic carbocycles. The van der Waals surface area contributed by atoms with Crippen molar-refractivity contribution in [3.8, 4) is 0 Å². The zero-order valence-corrected chi connectivity index (χ0v) is 10.8. The molecule has 1 atom stereocenters. The van der Waals surface area contributed by atoms with E-state index in [2.05, 4.69) is 10.2 Å². The normalized spacial score (nSPS) is 19.6. The van der Waals surface area contributed by atoms with Crippen molar-refractivity contribution in [2.45, 2.75) is 25.8 Å². The second kappa shape index (κ2) is 5.35. The van der Waals surface area contributed by atoms with Crippen LogP contribution < -0.4 is 10.2 Å². The third kappa shape index (κ3) is 2.61. The monoisotopic (exact) mass is 249 g/mol. The molecule has 1 heterocycles. The molecule has 1 saturated heterocycles.